The van der Waals surface area contributed by atoms with Crippen molar-refractivity contribution in [1.29, 1.82) is 0 Å². The van der Waals surface area contributed by atoms with Crippen LogP contribution in [-0.4, -0.2) is 12.6 Å². The number of carbonyl (C=O) groups excluding carboxylic acids is 1. The molecule has 0 N–H and O–H groups in total. The van der Waals surface area contributed by atoms with Crippen molar-refractivity contribution in [1.82, 2.24) is 0 Å². The highest BCUT2D eigenvalue weighted by Gasteiger charge is 2.29. The summed E-state index contributed by atoms with van der Waals surface area (Å²) in [4.78, 5) is 11.4. The zero-order valence-electron chi connectivity index (χ0n) is 6.97. The molecule has 3 heteroatoms. The summed E-state index contributed by atoms with van der Waals surface area (Å²) in [5.74, 6) is -0.293. The fourth-order valence-electron chi connectivity index (χ4n) is 0.969. The molecule has 2 nitrogen and oxygen atoms in total. The van der Waals surface area contributed by atoms with Gasteiger partial charge >= 0.3 is 5.97 Å². The van der Waals surface area contributed by atoms with Crippen LogP contribution in [0, 0.1) is 5.41 Å². The highest BCUT2D eigenvalue weighted by molar-refractivity contribution is 7.85. The molecule has 62 valence electrons. The summed E-state index contributed by atoms with van der Waals surface area (Å²) in [6, 6.07) is 0. The Morgan fingerprint density at radius 1 is 1.45 bits per heavy atom. The van der Waals surface area contributed by atoms with Crippen molar-refractivity contribution in [2.45, 2.75) is 20.8 Å². The molecular weight excluding hydrogens is 160 g/mol. The molecule has 0 radical (unpaired) electrons. The first-order valence-electron chi connectivity index (χ1n) is 3.52. The molecule has 1 rings (SSSR count). The normalized spacial score (nSPS) is 19.1. The summed E-state index contributed by atoms with van der Waals surface area (Å²) in [5.41, 5.74) is 0.981. The molecule has 0 spiro atoms. The van der Waals surface area contributed by atoms with E-state index in [-0.39, 0.29) is 11.4 Å². The van der Waals surface area contributed by atoms with E-state index in [0.717, 1.165) is 5.57 Å². The fourth-order valence-corrected chi connectivity index (χ4v) is 1.43. The molecular formula is C8H12O2S. The second-order valence-electron chi connectivity index (χ2n) is 3.65. The molecule has 0 bridgehead atoms. The first-order chi connectivity index (χ1) is 4.93. The van der Waals surface area contributed by atoms with Crippen molar-refractivity contribution in [3.8, 4) is 0 Å². The average Bonchev–Trinajstić information content (AvgIpc) is 2.11. The van der Waals surface area contributed by atoms with E-state index in [0.29, 0.717) is 11.5 Å². The third-order valence-electron chi connectivity index (χ3n) is 1.73. The standard InChI is InChI=1S/C8H12O2S/c1-8(2,3)5-4-10-7(9)6(5)11/h11H,4H2,1-3H3. The minimum absolute atomic E-state index is 0.0107. The van der Waals surface area contributed by atoms with Crippen molar-refractivity contribution >= 4 is 18.6 Å². The second kappa shape index (κ2) is 2.55. The number of hydrogen-bond donors (Lipinski definition) is 1. The van der Waals surface area contributed by atoms with Gasteiger partial charge in [-0.25, -0.2) is 4.79 Å². The van der Waals surface area contributed by atoms with E-state index < -0.39 is 0 Å². The van der Waals surface area contributed by atoms with Gasteiger partial charge in [-0.05, 0) is 11.0 Å². The van der Waals surface area contributed by atoms with Crippen LogP contribution in [0.4, 0.5) is 0 Å². The molecule has 1 aliphatic heterocycles. The molecule has 0 aromatic carbocycles. The van der Waals surface area contributed by atoms with Gasteiger partial charge in [-0.15, -0.1) is 12.6 Å². The van der Waals surface area contributed by atoms with E-state index in [2.05, 4.69) is 12.6 Å². The number of esters is 1. The van der Waals surface area contributed by atoms with Crippen LogP contribution in [-0.2, 0) is 9.53 Å². The molecule has 0 atom stereocenters. The molecule has 0 amide bonds. The molecule has 0 saturated heterocycles. The summed E-state index contributed by atoms with van der Waals surface area (Å²) >= 11 is 4.08. The van der Waals surface area contributed by atoms with Crippen LogP contribution in [0.15, 0.2) is 10.5 Å². The number of thiol groups is 1. The lowest BCUT2D eigenvalue weighted by molar-refractivity contribution is -0.135. The van der Waals surface area contributed by atoms with Gasteiger partial charge in [-0.2, -0.15) is 0 Å². The second-order valence-corrected chi connectivity index (χ2v) is 4.10. The van der Waals surface area contributed by atoms with Gasteiger partial charge in [0, 0.05) is 0 Å². The van der Waals surface area contributed by atoms with Crippen LogP contribution in [0.1, 0.15) is 20.8 Å². The Bertz CT molecular complexity index is 223. The topological polar surface area (TPSA) is 26.3 Å². The maximum atomic E-state index is 10.9. The van der Waals surface area contributed by atoms with Gasteiger partial charge in [0.2, 0.25) is 0 Å². The van der Waals surface area contributed by atoms with Gasteiger partial charge in [0.05, 0.1) is 4.91 Å². The molecule has 1 heterocycles. The highest BCUT2D eigenvalue weighted by atomic mass is 32.1. The van der Waals surface area contributed by atoms with E-state index in [1.807, 2.05) is 20.8 Å². The fraction of sp³-hybridized carbons (Fsp3) is 0.625. The molecule has 0 aromatic heterocycles. The minimum Gasteiger partial charge on any atom is -0.457 e. The first kappa shape index (κ1) is 8.65. The summed E-state index contributed by atoms with van der Waals surface area (Å²) < 4.78 is 4.81. The van der Waals surface area contributed by atoms with E-state index >= 15 is 0 Å². The lowest BCUT2D eigenvalue weighted by atomic mass is 9.87. The monoisotopic (exact) mass is 172 g/mol. The van der Waals surface area contributed by atoms with E-state index in [9.17, 15) is 4.79 Å². The molecule has 0 fully saturated rings. The zero-order valence-corrected chi connectivity index (χ0v) is 7.87. The van der Waals surface area contributed by atoms with E-state index in [1.54, 1.807) is 0 Å². The SMILES string of the molecule is CC(C)(C)C1=C(S)C(=O)OC1. The zero-order chi connectivity index (χ0) is 8.65. The largest absolute Gasteiger partial charge is 0.457 e. The molecule has 11 heavy (non-hydrogen) atoms. The lowest BCUT2D eigenvalue weighted by Gasteiger charge is -2.18. The third-order valence-corrected chi connectivity index (χ3v) is 2.18. The van der Waals surface area contributed by atoms with Crippen molar-refractivity contribution in [2.75, 3.05) is 6.61 Å². The van der Waals surface area contributed by atoms with Crippen LogP contribution >= 0.6 is 12.6 Å². The Morgan fingerprint density at radius 2 is 2.00 bits per heavy atom. The van der Waals surface area contributed by atoms with Crippen LogP contribution in [0.25, 0.3) is 0 Å². The Labute approximate surface area is 72.0 Å². The van der Waals surface area contributed by atoms with Gasteiger partial charge in [0.25, 0.3) is 0 Å². The Balaban J connectivity index is 2.98. The molecule has 1 aliphatic rings. The number of ether oxygens (including phenoxy) is 1. The van der Waals surface area contributed by atoms with Crippen LogP contribution < -0.4 is 0 Å². The maximum absolute atomic E-state index is 10.9. The van der Waals surface area contributed by atoms with E-state index in [4.69, 9.17) is 4.74 Å². The molecule has 0 aromatic rings. The van der Waals surface area contributed by atoms with Crippen molar-refractivity contribution in [3.63, 3.8) is 0 Å². The first-order valence-corrected chi connectivity index (χ1v) is 3.97. The number of rotatable bonds is 0. The average molecular weight is 172 g/mol. The summed E-state index contributed by atoms with van der Waals surface area (Å²) in [6.07, 6.45) is 0. The molecule has 0 saturated carbocycles. The summed E-state index contributed by atoms with van der Waals surface area (Å²) in [6.45, 7) is 6.53. The molecule has 0 aliphatic carbocycles. The number of carbonyl (C=O) groups is 1. The quantitative estimate of drug-likeness (QED) is 0.445. The van der Waals surface area contributed by atoms with E-state index in [1.165, 1.54) is 0 Å². The van der Waals surface area contributed by atoms with Crippen molar-refractivity contribution in [3.05, 3.63) is 10.5 Å². The Kier molecular flexibility index (Phi) is 2.01. The predicted molar refractivity (Wildman–Crippen MR) is 46.4 cm³/mol. The minimum atomic E-state index is -0.293. The number of hydrogen-bond acceptors (Lipinski definition) is 3. The maximum Gasteiger partial charge on any atom is 0.344 e. The molecule has 0 unspecified atom stereocenters. The van der Waals surface area contributed by atoms with Gasteiger partial charge in [-0.3, -0.25) is 0 Å². The van der Waals surface area contributed by atoms with Crippen molar-refractivity contribution in [2.24, 2.45) is 5.41 Å². The van der Waals surface area contributed by atoms with Crippen LogP contribution in [0.5, 0.6) is 0 Å². The van der Waals surface area contributed by atoms with Gasteiger partial charge in [-0.1, -0.05) is 20.8 Å². The van der Waals surface area contributed by atoms with Gasteiger partial charge in [0.1, 0.15) is 6.61 Å². The Morgan fingerprint density at radius 3 is 2.18 bits per heavy atom. The van der Waals surface area contributed by atoms with Crippen LogP contribution in [0.2, 0.25) is 0 Å². The predicted octanol–water partition coefficient (Wildman–Crippen LogP) is 1.77. The van der Waals surface area contributed by atoms with Gasteiger partial charge in [0.15, 0.2) is 0 Å². The summed E-state index contributed by atoms with van der Waals surface area (Å²) in [7, 11) is 0. The third kappa shape index (κ3) is 1.59. The van der Waals surface area contributed by atoms with Crippen LogP contribution in [0.3, 0.4) is 0 Å². The highest BCUT2D eigenvalue weighted by Crippen LogP contribution is 2.33. The van der Waals surface area contributed by atoms with Crippen molar-refractivity contribution < 1.29 is 9.53 Å². The van der Waals surface area contributed by atoms with Gasteiger partial charge < -0.3 is 4.74 Å². The number of cyclic esters (lactones) is 1. The summed E-state index contributed by atoms with van der Waals surface area (Å²) in [5, 5.41) is 0. The lowest BCUT2D eigenvalue weighted by Crippen LogP contribution is -2.11. The smallest absolute Gasteiger partial charge is 0.344 e. The Hall–Kier alpha value is -0.440.